The van der Waals surface area contributed by atoms with Crippen molar-refractivity contribution in [3.8, 4) is 5.88 Å². The fourth-order valence-corrected chi connectivity index (χ4v) is 1.73. The number of carbonyl (C=O) groups is 1. The van der Waals surface area contributed by atoms with Gasteiger partial charge < -0.3 is 15.4 Å². The second kappa shape index (κ2) is 5.25. The van der Waals surface area contributed by atoms with E-state index in [1.807, 2.05) is 0 Å². The summed E-state index contributed by atoms with van der Waals surface area (Å²) in [7, 11) is 0. The third-order valence-corrected chi connectivity index (χ3v) is 2.71. The monoisotopic (exact) mass is 297 g/mol. The first-order valence-corrected chi connectivity index (χ1v) is 5.88. The minimum absolute atomic E-state index is 0.0643. The molecule has 0 saturated heterocycles. The fourth-order valence-electron chi connectivity index (χ4n) is 1.41. The van der Waals surface area contributed by atoms with E-state index in [1.54, 1.807) is 24.3 Å². The van der Waals surface area contributed by atoms with Crippen LogP contribution in [0.15, 0.2) is 29.1 Å². The number of anilines is 1. The predicted molar refractivity (Wildman–Crippen MR) is 73.3 cm³/mol. The number of carbonyl (C=O) groups excluding carboxylic acids is 1. The fraction of sp³-hybridized carbons (Fsp3) is 0. The van der Waals surface area contributed by atoms with Crippen LogP contribution in [0.4, 0.5) is 5.69 Å². The zero-order valence-electron chi connectivity index (χ0n) is 9.36. The van der Waals surface area contributed by atoms with Gasteiger partial charge in [0.2, 0.25) is 5.88 Å². The van der Waals surface area contributed by atoms with E-state index < -0.39 is 22.9 Å². The van der Waals surface area contributed by atoms with Gasteiger partial charge in [0, 0.05) is 10.7 Å². The van der Waals surface area contributed by atoms with Gasteiger partial charge in [0.05, 0.1) is 0 Å². The molecule has 2 aromatic rings. The van der Waals surface area contributed by atoms with E-state index in [-0.39, 0.29) is 4.77 Å². The van der Waals surface area contributed by atoms with Crippen molar-refractivity contribution in [2.75, 3.05) is 5.32 Å². The lowest BCUT2D eigenvalue weighted by Crippen LogP contribution is -2.24. The maximum Gasteiger partial charge on any atom is 0.268 e. The Labute approximate surface area is 117 Å². The molecule has 0 fully saturated rings. The molecule has 0 bridgehead atoms. The van der Waals surface area contributed by atoms with Crippen LogP contribution in [0.2, 0.25) is 5.02 Å². The van der Waals surface area contributed by atoms with Crippen LogP contribution in [0, 0.1) is 4.77 Å². The number of amides is 1. The van der Waals surface area contributed by atoms with Crippen LogP contribution in [0.3, 0.4) is 0 Å². The molecule has 0 unspecified atom stereocenters. The van der Waals surface area contributed by atoms with Gasteiger partial charge in [-0.3, -0.25) is 14.6 Å². The van der Waals surface area contributed by atoms with E-state index in [0.717, 1.165) is 0 Å². The zero-order valence-corrected chi connectivity index (χ0v) is 10.9. The zero-order chi connectivity index (χ0) is 14.0. The van der Waals surface area contributed by atoms with Crippen molar-refractivity contribution in [2.45, 2.75) is 0 Å². The standard InChI is InChI=1S/C11H8ClN3O3S/c12-5-1-3-6(4-2-5)13-8(16)7-9(17)14-11(19)15-10(7)18/h1-4H,(H,13,16)(H3,14,15,17,18,19). The van der Waals surface area contributed by atoms with Crippen LogP contribution in [0.25, 0.3) is 0 Å². The van der Waals surface area contributed by atoms with Gasteiger partial charge in [-0.15, -0.1) is 0 Å². The third kappa shape index (κ3) is 3.01. The van der Waals surface area contributed by atoms with Crippen molar-refractivity contribution in [2.24, 2.45) is 0 Å². The molecule has 1 heterocycles. The molecule has 0 atom stereocenters. The number of aromatic amines is 2. The Morgan fingerprint density at radius 3 is 2.47 bits per heavy atom. The van der Waals surface area contributed by atoms with Crippen molar-refractivity contribution in [1.29, 1.82) is 0 Å². The molecule has 0 saturated carbocycles. The average Bonchev–Trinajstić information content (AvgIpc) is 2.30. The van der Waals surface area contributed by atoms with Gasteiger partial charge in [-0.1, -0.05) is 11.6 Å². The summed E-state index contributed by atoms with van der Waals surface area (Å²) >= 11 is 10.4. The molecule has 0 aliphatic carbocycles. The van der Waals surface area contributed by atoms with E-state index in [1.165, 1.54) is 0 Å². The summed E-state index contributed by atoms with van der Waals surface area (Å²) < 4.78 is -0.0643. The molecule has 1 amide bonds. The van der Waals surface area contributed by atoms with Crippen LogP contribution in [-0.2, 0) is 0 Å². The number of rotatable bonds is 2. The third-order valence-electron chi connectivity index (χ3n) is 2.25. The number of hydrogen-bond donors (Lipinski definition) is 4. The molecule has 0 spiro atoms. The van der Waals surface area contributed by atoms with E-state index in [4.69, 9.17) is 11.6 Å². The van der Waals surface area contributed by atoms with Gasteiger partial charge in [0.1, 0.15) is 0 Å². The molecule has 19 heavy (non-hydrogen) atoms. The number of aromatic hydroxyl groups is 1. The molecule has 0 aliphatic heterocycles. The topological polar surface area (TPSA) is 98.0 Å². The summed E-state index contributed by atoms with van der Waals surface area (Å²) in [5, 5.41) is 12.5. The molecular weight excluding hydrogens is 290 g/mol. The lowest BCUT2D eigenvalue weighted by atomic mass is 10.2. The first kappa shape index (κ1) is 13.3. The molecule has 0 radical (unpaired) electrons. The molecule has 2 rings (SSSR count). The summed E-state index contributed by atoms with van der Waals surface area (Å²) in [6.45, 7) is 0. The summed E-state index contributed by atoms with van der Waals surface area (Å²) in [5.41, 5.74) is -0.771. The molecule has 0 aliphatic rings. The summed E-state index contributed by atoms with van der Waals surface area (Å²) in [5.74, 6) is -1.34. The maximum absolute atomic E-state index is 11.9. The summed E-state index contributed by atoms with van der Waals surface area (Å²) in [6, 6.07) is 6.30. The molecule has 4 N–H and O–H groups in total. The first-order valence-electron chi connectivity index (χ1n) is 5.10. The Morgan fingerprint density at radius 1 is 1.26 bits per heavy atom. The molecule has 1 aromatic carbocycles. The Bertz CT molecular complexity index is 736. The van der Waals surface area contributed by atoms with Gasteiger partial charge in [-0.25, -0.2) is 0 Å². The summed E-state index contributed by atoms with van der Waals surface area (Å²) in [4.78, 5) is 27.9. The maximum atomic E-state index is 11.9. The number of benzene rings is 1. The molecular formula is C11H8ClN3O3S. The van der Waals surface area contributed by atoms with Gasteiger partial charge in [-0.2, -0.15) is 0 Å². The molecule has 98 valence electrons. The normalized spacial score (nSPS) is 10.2. The highest BCUT2D eigenvalue weighted by atomic mass is 35.5. The molecule has 6 nitrogen and oxygen atoms in total. The van der Waals surface area contributed by atoms with Crippen molar-refractivity contribution >= 4 is 35.4 Å². The van der Waals surface area contributed by atoms with Crippen LogP contribution in [-0.4, -0.2) is 21.0 Å². The van der Waals surface area contributed by atoms with Crippen molar-refractivity contribution in [3.63, 3.8) is 0 Å². The Morgan fingerprint density at radius 2 is 1.89 bits per heavy atom. The predicted octanol–water partition coefficient (Wildman–Crippen LogP) is 2.04. The lowest BCUT2D eigenvalue weighted by molar-refractivity contribution is 0.102. The smallest absolute Gasteiger partial charge is 0.268 e. The number of halogens is 1. The number of aromatic nitrogens is 2. The SMILES string of the molecule is O=C(Nc1ccc(Cl)cc1)c1c(O)[nH]c(=S)[nH]c1=O. The number of hydrogen-bond acceptors (Lipinski definition) is 4. The van der Waals surface area contributed by atoms with Gasteiger partial charge in [0.25, 0.3) is 11.5 Å². The second-order valence-corrected chi connectivity index (χ2v) is 4.44. The molecule has 1 aromatic heterocycles. The largest absolute Gasteiger partial charge is 0.494 e. The highest BCUT2D eigenvalue weighted by Gasteiger charge is 2.16. The number of H-pyrrole nitrogens is 2. The first-order chi connectivity index (χ1) is 8.97. The van der Waals surface area contributed by atoms with Crippen LogP contribution in [0.1, 0.15) is 10.4 Å². The van der Waals surface area contributed by atoms with E-state index in [9.17, 15) is 14.7 Å². The Hall–Kier alpha value is -2.12. The van der Waals surface area contributed by atoms with Crippen LogP contribution in [0.5, 0.6) is 5.88 Å². The van der Waals surface area contributed by atoms with E-state index >= 15 is 0 Å². The highest BCUT2D eigenvalue weighted by Crippen LogP contribution is 2.15. The average molecular weight is 298 g/mol. The van der Waals surface area contributed by atoms with Crippen molar-refractivity contribution in [1.82, 2.24) is 9.97 Å². The van der Waals surface area contributed by atoms with E-state index in [0.29, 0.717) is 10.7 Å². The van der Waals surface area contributed by atoms with Crippen LogP contribution < -0.4 is 10.9 Å². The minimum Gasteiger partial charge on any atom is -0.494 e. The van der Waals surface area contributed by atoms with Gasteiger partial charge in [0.15, 0.2) is 10.3 Å². The van der Waals surface area contributed by atoms with Crippen molar-refractivity contribution < 1.29 is 9.90 Å². The summed E-state index contributed by atoms with van der Waals surface area (Å²) in [6.07, 6.45) is 0. The second-order valence-electron chi connectivity index (χ2n) is 3.59. The highest BCUT2D eigenvalue weighted by molar-refractivity contribution is 7.71. The Kier molecular flexibility index (Phi) is 3.68. The minimum atomic E-state index is -0.771. The van der Waals surface area contributed by atoms with E-state index in [2.05, 4.69) is 27.5 Å². The lowest BCUT2D eigenvalue weighted by Gasteiger charge is -2.05. The Balaban J connectivity index is 2.33. The van der Waals surface area contributed by atoms with Crippen LogP contribution >= 0.6 is 23.8 Å². The molecule has 8 heteroatoms. The van der Waals surface area contributed by atoms with Gasteiger partial charge >= 0.3 is 0 Å². The van der Waals surface area contributed by atoms with Gasteiger partial charge in [-0.05, 0) is 36.5 Å². The number of nitrogens with one attached hydrogen (secondary N) is 3. The quantitative estimate of drug-likeness (QED) is 0.638. The van der Waals surface area contributed by atoms with Crippen molar-refractivity contribution in [3.05, 3.63) is 50.0 Å².